The highest BCUT2D eigenvalue weighted by atomic mass is 35.5. The third-order valence-electron chi connectivity index (χ3n) is 4.00. The van der Waals surface area contributed by atoms with Gasteiger partial charge in [-0.2, -0.15) is 0 Å². The van der Waals surface area contributed by atoms with Gasteiger partial charge in [0, 0.05) is 16.1 Å². The molecule has 3 amide bonds. The lowest BCUT2D eigenvalue weighted by atomic mass is 10.2. The van der Waals surface area contributed by atoms with Gasteiger partial charge in [0.15, 0.2) is 6.61 Å². The van der Waals surface area contributed by atoms with Crippen molar-refractivity contribution in [2.45, 2.75) is 31.7 Å². The van der Waals surface area contributed by atoms with Crippen molar-refractivity contribution < 1.29 is 19.1 Å². The van der Waals surface area contributed by atoms with Crippen LogP contribution >= 0.6 is 22.9 Å². The summed E-state index contributed by atoms with van der Waals surface area (Å²) in [6.07, 6.45) is 3.99. The van der Waals surface area contributed by atoms with Crippen LogP contribution in [0.1, 0.15) is 35.4 Å². The van der Waals surface area contributed by atoms with Crippen molar-refractivity contribution in [3.63, 3.8) is 0 Å². The Morgan fingerprint density at radius 3 is 2.64 bits per heavy atom. The number of hydrogen-bond acceptors (Lipinski definition) is 5. The van der Waals surface area contributed by atoms with Crippen LogP contribution in [0.15, 0.2) is 24.3 Å². The van der Waals surface area contributed by atoms with Gasteiger partial charge in [0.2, 0.25) is 0 Å². The minimum atomic E-state index is -0.683. The summed E-state index contributed by atoms with van der Waals surface area (Å²) in [5, 5.41) is 5.96. The highest BCUT2D eigenvalue weighted by Crippen LogP contribution is 2.35. The fraction of sp³-hybridized carbons (Fsp3) is 0.353. The number of esters is 1. The quantitative estimate of drug-likeness (QED) is 0.795. The van der Waals surface area contributed by atoms with E-state index in [0.717, 1.165) is 35.8 Å². The van der Waals surface area contributed by atoms with E-state index in [2.05, 4.69) is 10.6 Å². The maximum absolute atomic E-state index is 12.1. The van der Waals surface area contributed by atoms with Crippen LogP contribution in [-0.2, 0) is 9.53 Å². The molecule has 0 unspecified atom stereocenters. The topological polar surface area (TPSA) is 84.5 Å². The minimum absolute atomic E-state index is 0.104. The maximum atomic E-state index is 12.1. The van der Waals surface area contributed by atoms with E-state index in [0.29, 0.717) is 5.02 Å². The summed E-state index contributed by atoms with van der Waals surface area (Å²) in [7, 11) is 0. The molecule has 25 heavy (non-hydrogen) atoms. The van der Waals surface area contributed by atoms with Crippen molar-refractivity contribution in [2.24, 2.45) is 0 Å². The van der Waals surface area contributed by atoms with Gasteiger partial charge in [-0.15, -0.1) is 11.3 Å². The average Bonchev–Trinajstić information content (AvgIpc) is 3.21. The molecule has 6 nitrogen and oxygen atoms in total. The van der Waals surface area contributed by atoms with Crippen LogP contribution in [0.4, 0.5) is 4.79 Å². The Bertz CT molecular complexity index is 814. The van der Waals surface area contributed by atoms with E-state index in [9.17, 15) is 14.4 Å². The van der Waals surface area contributed by atoms with Crippen LogP contribution in [-0.4, -0.2) is 30.6 Å². The zero-order valence-corrected chi connectivity index (χ0v) is 14.9. The number of fused-ring (bicyclic) bond motifs is 1. The van der Waals surface area contributed by atoms with Crippen LogP contribution in [0.2, 0.25) is 5.02 Å². The standard InChI is InChI=1S/C17H17ClN2O4S/c18-14-11-7-3-4-8-12(11)25-15(14)16(22)24-9-13(21)20-17(23)19-10-5-1-2-6-10/h3-4,7-8,10H,1-2,5-6,9H2,(H2,19,20,21,23). The van der Waals surface area contributed by atoms with Crippen molar-refractivity contribution in [3.8, 4) is 0 Å². The fourth-order valence-electron chi connectivity index (χ4n) is 2.80. The summed E-state index contributed by atoms with van der Waals surface area (Å²) >= 11 is 7.39. The summed E-state index contributed by atoms with van der Waals surface area (Å²) in [6.45, 7) is -0.540. The van der Waals surface area contributed by atoms with E-state index in [-0.39, 0.29) is 10.9 Å². The second-order valence-corrected chi connectivity index (χ2v) is 7.25. The van der Waals surface area contributed by atoms with Crippen molar-refractivity contribution in [1.82, 2.24) is 10.6 Å². The molecule has 1 heterocycles. The first-order valence-corrected chi connectivity index (χ1v) is 9.18. The largest absolute Gasteiger partial charge is 0.451 e. The number of hydrogen-bond donors (Lipinski definition) is 2. The highest BCUT2D eigenvalue weighted by Gasteiger charge is 2.21. The third kappa shape index (κ3) is 4.29. The number of amides is 3. The molecule has 3 rings (SSSR count). The smallest absolute Gasteiger partial charge is 0.350 e. The van der Waals surface area contributed by atoms with E-state index in [1.807, 2.05) is 24.3 Å². The van der Waals surface area contributed by atoms with Crippen molar-refractivity contribution in [3.05, 3.63) is 34.2 Å². The second-order valence-electron chi connectivity index (χ2n) is 5.82. The summed E-state index contributed by atoms with van der Waals surface area (Å²) in [5.74, 6) is -1.36. The molecule has 2 N–H and O–H groups in total. The SMILES string of the molecule is O=C(COC(=O)c1sc2ccccc2c1Cl)NC(=O)NC1CCCC1. The number of nitrogens with one attached hydrogen (secondary N) is 2. The van der Waals surface area contributed by atoms with Gasteiger partial charge in [-0.25, -0.2) is 9.59 Å². The van der Waals surface area contributed by atoms with Gasteiger partial charge in [-0.3, -0.25) is 10.1 Å². The summed E-state index contributed by atoms with van der Waals surface area (Å²) < 4.78 is 5.83. The van der Waals surface area contributed by atoms with E-state index in [4.69, 9.17) is 16.3 Å². The molecule has 0 spiro atoms. The molecule has 1 aliphatic carbocycles. The Hall–Kier alpha value is -2.12. The van der Waals surface area contributed by atoms with Gasteiger partial charge < -0.3 is 10.1 Å². The molecule has 0 radical (unpaired) electrons. The summed E-state index contributed by atoms with van der Waals surface area (Å²) in [6, 6.07) is 6.88. The molecule has 2 aromatic rings. The van der Waals surface area contributed by atoms with E-state index >= 15 is 0 Å². The molecule has 0 atom stereocenters. The van der Waals surface area contributed by atoms with Gasteiger partial charge in [0.05, 0.1) is 5.02 Å². The number of thiophene rings is 1. The zero-order chi connectivity index (χ0) is 17.8. The number of ether oxygens (including phenoxy) is 1. The van der Waals surface area contributed by atoms with Crippen molar-refractivity contribution >= 4 is 50.9 Å². The number of carbonyl (C=O) groups excluding carboxylic acids is 3. The van der Waals surface area contributed by atoms with Crippen LogP contribution in [0.25, 0.3) is 10.1 Å². The molecule has 0 bridgehead atoms. The van der Waals surface area contributed by atoms with E-state index < -0.39 is 24.5 Å². The van der Waals surface area contributed by atoms with Crippen LogP contribution < -0.4 is 10.6 Å². The summed E-state index contributed by atoms with van der Waals surface area (Å²) in [5.41, 5.74) is 0. The first kappa shape index (κ1) is 17.7. The lowest BCUT2D eigenvalue weighted by Gasteiger charge is -2.12. The normalized spacial score (nSPS) is 14.4. The van der Waals surface area contributed by atoms with Gasteiger partial charge in [-0.1, -0.05) is 42.6 Å². The minimum Gasteiger partial charge on any atom is -0.451 e. The Morgan fingerprint density at radius 2 is 1.92 bits per heavy atom. The average molecular weight is 381 g/mol. The zero-order valence-electron chi connectivity index (χ0n) is 13.3. The lowest BCUT2D eigenvalue weighted by Crippen LogP contribution is -2.44. The number of benzene rings is 1. The van der Waals surface area contributed by atoms with E-state index in [1.165, 1.54) is 11.3 Å². The number of urea groups is 1. The molecule has 8 heteroatoms. The molecule has 0 aliphatic heterocycles. The van der Waals surface area contributed by atoms with Gasteiger partial charge in [-0.05, 0) is 18.9 Å². The first-order chi connectivity index (χ1) is 12.0. The van der Waals surface area contributed by atoms with Gasteiger partial charge >= 0.3 is 12.0 Å². The Morgan fingerprint density at radius 1 is 1.20 bits per heavy atom. The Kier molecular flexibility index (Phi) is 5.55. The molecular weight excluding hydrogens is 364 g/mol. The molecule has 1 aliphatic rings. The Balaban J connectivity index is 1.51. The number of imide groups is 1. The monoisotopic (exact) mass is 380 g/mol. The second kappa shape index (κ2) is 7.84. The van der Waals surface area contributed by atoms with Crippen molar-refractivity contribution in [2.75, 3.05) is 6.61 Å². The number of halogens is 1. The Labute approximate surface area is 153 Å². The fourth-order valence-corrected chi connectivity index (χ4v) is 4.20. The van der Waals surface area contributed by atoms with Crippen molar-refractivity contribution in [1.29, 1.82) is 0 Å². The van der Waals surface area contributed by atoms with Crippen LogP contribution in [0, 0.1) is 0 Å². The third-order valence-corrected chi connectivity index (χ3v) is 5.65. The predicted molar refractivity (Wildman–Crippen MR) is 96.0 cm³/mol. The molecule has 132 valence electrons. The van der Waals surface area contributed by atoms with Gasteiger partial charge in [0.1, 0.15) is 4.88 Å². The van der Waals surface area contributed by atoms with Crippen LogP contribution in [0.5, 0.6) is 0 Å². The van der Waals surface area contributed by atoms with Crippen LogP contribution in [0.3, 0.4) is 0 Å². The van der Waals surface area contributed by atoms with E-state index in [1.54, 1.807) is 0 Å². The molecule has 1 saturated carbocycles. The molecule has 1 aromatic heterocycles. The maximum Gasteiger partial charge on any atom is 0.350 e. The number of rotatable bonds is 4. The molecular formula is C17H17ClN2O4S. The molecule has 1 fully saturated rings. The van der Waals surface area contributed by atoms with Gasteiger partial charge in [0.25, 0.3) is 5.91 Å². The number of carbonyl (C=O) groups is 3. The molecule has 0 saturated heterocycles. The first-order valence-electron chi connectivity index (χ1n) is 7.99. The lowest BCUT2D eigenvalue weighted by molar-refractivity contribution is -0.123. The molecule has 1 aromatic carbocycles. The highest BCUT2D eigenvalue weighted by molar-refractivity contribution is 7.21. The summed E-state index contributed by atoms with van der Waals surface area (Å²) in [4.78, 5) is 35.8. The predicted octanol–water partition coefficient (Wildman–Crippen LogP) is 3.48.